The Labute approximate surface area is 127 Å². The van der Waals surface area contributed by atoms with Gasteiger partial charge in [-0.2, -0.15) is 0 Å². The molecule has 0 heterocycles. The molecule has 2 nitrogen and oxygen atoms in total. The van der Waals surface area contributed by atoms with E-state index in [1.54, 1.807) is 6.92 Å². The van der Waals surface area contributed by atoms with Crippen molar-refractivity contribution in [3.63, 3.8) is 0 Å². The topological polar surface area (TPSA) is 34.1 Å². The predicted octanol–water partition coefficient (Wildman–Crippen LogP) is 3.71. The highest BCUT2D eigenvalue weighted by Crippen LogP contribution is 2.41. The Hall–Kier alpha value is -0.540. The van der Waals surface area contributed by atoms with Gasteiger partial charge in [0, 0.05) is 17.0 Å². The largest absolute Gasteiger partial charge is 0.229 e. The molecule has 4 heteroatoms. The fraction of sp³-hybridized carbons (Fsp3) is 0.625. The molecule has 1 aromatic carbocycles. The van der Waals surface area contributed by atoms with Crippen molar-refractivity contribution in [1.82, 2.24) is 0 Å². The quantitative estimate of drug-likeness (QED) is 0.750. The first-order valence-corrected chi connectivity index (χ1v) is 9.73. The molecule has 0 saturated heterocycles. The summed E-state index contributed by atoms with van der Waals surface area (Å²) in [5, 5.41) is 0. The molecule has 1 atom stereocenters. The van der Waals surface area contributed by atoms with Gasteiger partial charge in [-0.05, 0) is 43.2 Å². The number of rotatable bonds is 6. The summed E-state index contributed by atoms with van der Waals surface area (Å²) in [6.07, 6.45) is 4.90. The Bertz CT molecular complexity index is 553. The minimum atomic E-state index is -2.88. The maximum Gasteiger partial charge on any atom is 0.150 e. The van der Waals surface area contributed by atoms with Crippen molar-refractivity contribution < 1.29 is 8.42 Å². The van der Waals surface area contributed by atoms with E-state index >= 15 is 0 Å². The van der Waals surface area contributed by atoms with Gasteiger partial charge in [0.25, 0.3) is 0 Å². The highest BCUT2D eigenvalue weighted by Gasteiger charge is 2.35. The van der Waals surface area contributed by atoms with Crippen LogP contribution < -0.4 is 0 Å². The van der Waals surface area contributed by atoms with E-state index in [2.05, 4.69) is 24.3 Å². The lowest BCUT2D eigenvalue weighted by atomic mass is 9.69. The lowest BCUT2D eigenvalue weighted by molar-refractivity contribution is 0.368. The molecule has 2 rings (SSSR count). The van der Waals surface area contributed by atoms with Crippen LogP contribution in [0.5, 0.6) is 0 Å². The van der Waals surface area contributed by atoms with Crippen molar-refractivity contribution in [3.8, 4) is 0 Å². The van der Waals surface area contributed by atoms with E-state index in [4.69, 9.17) is 11.6 Å². The monoisotopic (exact) mass is 314 g/mol. The van der Waals surface area contributed by atoms with Gasteiger partial charge in [-0.15, -0.1) is 11.6 Å². The summed E-state index contributed by atoms with van der Waals surface area (Å²) in [5.41, 5.74) is 2.70. The summed E-state index contributed by atoms with van der Waals surface area (Å²) in [6, 6.07) is 8.49. The lowest BCUT2D eigenvalue weighted by Gasteiger charge is -2.38. The van der Waals surface area contributed by atoms with E-state index in [9.17, 15) is 8.42 Å². The van der Waals surface area contributed by atoms with Gasteiger partial charge in [-0.1, -0.05) is 31.2 Å². The molecule has 0 radical (unpaired) electrons. The zero-order valence-corrected chi connectivity index (χ0v) is 13.6. The van der Waals surface area contributed by atoms with Crippen LogP contribution in [0.1, 0.15) is 43.7 Å². The standard InChI is InChI=1S/C16H23ClO2S/c1-2-20(18,19)12-6-11-16(13-17)10-5-8-14-7-3-4-9-15(14)16/h3-4,7,9H,2,5-6,8,10-13H2,1H3. The van der Waals surface area contributed by atoms with Crippen molar-refractivity contribution in [2.75, 3.05) is 17.4 Å². The Morgan fingerprint density at radius 3 is 2.75 bits per heavy atom. The van der Waals surface area contributed by atoms with Gasteiger partial charge in [0.2, 0.25) is 0 Å². The first kappa shape index (κ1) is 15.8. The summed E-state index contributed by atoms with van der Waals surface area (Å²) in [7, 11) is -2.88. The fourth-order valence-electron chi connectivity index (χ4n) is 3.25. The highest BCUT2D eigenvalue weighted by molar-refractivity contribution is 7.91. The van der Waals surface area contributed by atoms with Crippen LogP contribution in [0.4, 0.5) is 0 Å². The maximum absolute atomic E-state index is 11.6. The second-order valence-corrected chi connectivity index (χ2v) is 8.50. The van der Waals surface area contributed by atoms with Crippen LogP contribution in [-0.2, 0) is 21.7 Å². The molecule has 1 unspecified atom stereocenters. The van der Waals surface area contributed by atoms with E-state index in [0.717, 1.165) is 25.7 Å². The van der Waals surface area contributed by atoms with Crippen LogP contribution in [-0.4, -0.2) is 25.8 Å². The van der Waals surface area contributed by atoms with E-state index in [1.165, 1.54) is 11.1 Å². The first-order valence-electron chi connectivity index (χ1n) is 7.38. The van der Waals surface area contributed by atoms with Crippen LogP contribution in [0, 0.1) is 0 Å². The highest BCUT2D eigenvalue weighted by atomic mass is 35.5. The number of fused-ring (bicyclic) bond motifs is 1. The van der Waals surface area contributed by atoms with Gasteiger partial charge in [0.1, 0.15) is 9.84 Å². The number of aryl methyl sites for hydroxylation is 1. The predicted molar refractivity (Wildman–Crippen MR) is 85.3 cm³/mol. The number of hydrogen-bond donors (Lipinski definition) is 0. The molecule has 1 aromatic rings. The molecule has 0 spiro atoms. The van der Waals surface area contributed by atoms with E-state index in [-0.39, 0.29) is 16.9 Å². The Kier molecular flexibility index (Phi) is 5.14. The van der Waals surface area contributed by atoms with Gasteiger partial charge < -0.3 is 0 Å². The molecule has 0 bridgehead atoms. The molecule has 1 aliphatic rings. The molecular formula is C16H23ClO2S. The third-order valence-electron chi connectivity index (χ3n) is 4.50. The van der Waals surface area contributed by atoms with Gasteiger partial charge in [-0.3, -0.25) is 0 Å². The summed E-state index contributed by atoms with van der Waals surface area (Å²) < 4.78 is 23.3. The van der Waals surface area contributed by atoms with Gasteiger partial charge in [-0.25, -0.2) is 8.42 Å². The Morgan fingerprint density at radius 2 is 2.05 bits per heavy atom. The van der Waals surface area contributed by atoms with Gasteiger partial charge in [0.05, 0.1) is 5.75 Å². The lowest BCUT2D eigenvalue weighted by Crippen LogP contribution is -2.33. The normalized spacial score (nSPS) is 22.5. The van der Waals surface area contributed by atoms with Crippen LogP contribution in [0.2, 0.25) is 0 Å². The Balaban J connectivity index is 2.15. The number of benzene rings is 1. The molecule has 0 fully saturated rings. The van der Waals surface area contributed by atoms with Crippen molar-refractivity contribution in [2.24, 2.45) is 0 Å². The molecule has 20 heavy (non-hydrogen) atoms. The maximum atomic E-state index is 11.6. The second kappa shape index (κ2) is 6.48. The summed E-state index contributed by atoms with van der Waals surface area (Å²) in [4.78, 5) is 0. The van der Waals surface area contributed by atoms with Gasteiger partial charge in [0.15, 0.2) is 0 Å². The van der Waals surface area contributed by atoms with Crippen molar-refractivity contribution in [2.45, 2.75) is 44.4 Å². The van der Waals surface area contributed by atoms with Crippen molar-refractivity contribution in [1.29, 1.82) is 0 Å². The minimum absolute atomic E-state index is 0.0281. The number of halogens is 1. The number of alkyl halides is 1. The van der Waals surface area contributed by atoms with Crippen LogP contribution in [0.3, 0.4) is 0 Å². The van der Waals surface area contributed by atoms with E-state index in [0.29, 0.717) is 12.3 Å². The molecular weight excluding hydrogens is 292 g/mol. The number of hydrogen-bond acceptors (Lipinski definition) is 2. The summed E-state index contributed by atoms with van der Waals surface area (Å²) in [5.74, 6) is 1.10. The molecule has 0 aliphatic heterocycles. The third kappa shape index (κ3) is 3.37. The average Bonchev–Trinajstić information content (AvgIpc) is 2.47. The van der Waals surface area contributed by atoms with E-state index < -0.39 is 9.84 Å². The first-order chi connectivity index (χ1) is 9.53. The molecule has 0 aromatic heterocycles. The van der Waals surface area contributed by atoms with Crippen LogP contribution >= 0.6 is 11.6 Å². The molecule has 0 N–H and O–H groups in total. The van der Waals surface area contributed by atoms with Gasteiger partial charge >= 0.3 is 0 Å². The SMILES string of the molecule is CCS(=O)(=O)CCCC1(CCl)CCCc2ccccc21. The Morgan fingerprint density at radius 1 is 1.30 bits per heavy atom. The van der Waals surface area contributed by atoms with Crippen LogP contribution in [0.25, 0.3) is 0 Å². The van der Waals surface area contributed by atoms with Crippen LogP contribution in [0.15, 0.2) is 24.3 Å². The fourth-order valence-corrected chi connectivity index (χ4v) is 4.53. The smallest absolute Gasteiger partial charge is 0.150 e. The summed E-state index contributed by atoms with van der Waals surface area (Å²) in [6.45, 7) is 1.71. The van der Waals surface area contributed by atoms with Crippen molar-refractivity contribution >= 4 is 21.4 Å². The number of sulfone groups is 1. The zero-order chi connectivity index (χ0) is 14.6. The molecule has 112 valence electrons. The summed E-state index contributed by atoms with van der Waals surface area (Å²) >= 11 is 6.30. The molecule has 0 amide bonds. The second-order valence-electron chi connectivity index (χ2n) is 5.76. The zero-order valence-electron chi connectivity index (χ0n) is 12.1. The molecule has 0 saturated carbocycles. The van der Waals surface area contributed by atoms with E-state index in [1.807, 2.05) is 0 Å². The van der Waals surface area contributed by atoms with Crippen molar-refractivity contribution in [3.05, 3.63) is 35.4 Å². The average molecular weight is 315 g/mol. The molecule has 1 aliphatic carbocycles. The minimum Gasteiger partial charge on any atom is -0.229 e. The third-order valence-corrected chi connectivity index (χ3v) is 6.80.